The van der Waals surface area contributed by atoms with E-state index < -0.39 is 14.9 Å². The average Bonchev–Trinajstić information content (AvgIpc) is 2.53. The van der Waals surface area contributed by atoms with E-state index in [1.54, 1.807) is 14.2 Å². The van der Waals surface area contributed by atoms with Gasteiger partial charge in [0.05, 0.1) is 9.82 Å². The minimum atomic E-state index is -3.98. The van der Waals surface area contributed by atoms with Gasteiger partial charge in [-0.05, 0) is 43.7 Å². The fourth-order valence-electron chi connectivity index (χ4n) is 3.26. The molecule has 0 aliphatic heterocycles. The Morgan fingerprint density at radius 2 is 1.96 bits per heavy atom. The van der Waals surface area contributed by atoms with Crippen molar-refractivity contribution >= 4 is 21.4 Å². The van der Waals surface area contributed by atoms with Crippen molar-refractivity contribution in [1.82, 2.24) is 0 Å². The number of nitro benzene ring substituents is 1. The first-order chi connectivity index (χ1) is 11.2. The Morgan fingerprint density at radius 1 is 1.33 bits per heavy atom. The summed E-state index contributed by atoms with van der Waals surface area (Å²) in [6, 6.07) is 3.97. The van der Waals surface area contributed by atoms with Gasteiger partial charge in [0.15, 0.2) is 0 Å². The van der Waals surface area contributed by atoms with Crippen molar-refractivity contribution in [3.05, 3.63) is 28.3 Å². The smallest absolute Gasteiger partial charge is 0.293 e. The average molecular weight is 357 g/mol. The number of ether oxygens (including phenoxy) is 1. The topological polar surface area (TPSA) is 116 Å². The molecule has 1 fully saturated rings. The first-order valence-corrected chi connectivity index (χ1v) is 9.31. The third kappa shape index (κ3) is 4.22. The van der Waals surface area contributed by atoms with Gasteiger partial charge in [0.25, 0.3) is 5.69 Å². The van der Waals surface area contributed by atoms with E-state index in [0.29, 0.717) is 11.6 Å². The predicted molar refractivity (Wildman–Crippen MR) is 90.5 cm³/mol. The van der Waals surface area contributed by atoms with Gasteiger partial charge in [-0.1, -0.05) is 0 Å². The maximum atomic E-state index is 11.4. The first-order valence-electron chi connectivity index (χ1n) is 7.77. The number of hydrogen-bond acceptors (Lipinski definition) is 6. The van der Waals surface area contributed by atoms with Crippen LogP contribution < -0.4 is 10.0 Å². The number of primary sulfonamides is 1. The molecule has 1 aliphatic rings. The van der Waals surface area contributed by atoms with E-state index >= 15 is 0 Å². The molecule has 8 nitrogen and oxygen atoms in total. The lowest BCUT2D eigenvalue weighted by molar-refractivity contribution is -0.384. The monoisotopic (exact) mass is 357 g/mol. The third-order valence-corrected chi connectivity index (χ3v) is 5.53. The summed E-state index contributed by atoms with van der Waals surface area (Å²) in [6.07, 6.45) is 3.84. The summed E-state index contributed by atoms with van der Waals surface area (Å²) in [7, 11) is -0.482. The molecule has 0 aromatic heterocycles. The molecule has 1 aromatic carbocycles. The first kappa shape index (κ1) is 18.6. The van der Waals surface area contributed by atoms with Crippen LogP contribution in [0.1, 0.15) is 25.7 Å². The van der Waals surface area contributed by atoms with Crippen LogP contribution in [0.25, 0.3) is 0 Å². The molecule has 0 heterocycles. The second-order valence-corrected chi connectivity index (χ2v) is 7.75. The molecule has 1 aromatic rings. The quantitative estimate of drug-likeness (QED) is 0.614. The lowest BCUT2D eigenvalue weighted by Gasteiger charge is -2.35. The summed E-state index contributed by atoms with van der Waals surface area (Å²) in [4.78, 5) is 12.4. The van der Waals surface area contributed by atoms with Crippen LogP contribution in [0.4, 0.5) is 11.4 Å². The number of benzene rings is 1. The second kappa shape index (κ2) is 7.45. The number of nitrogens with two attached hydrogens (primary N) is 1. The Labute approximate surface area is 141 Å². The Hall–Kier alpha value is -1.71. The Balaban J connectivity index is 2.23. The van der Waals surface area contributed by atoms with Gasteiger partial charge >= 0.3 is 0 Å². The zero-order chi connectivity index (χ0) is 17.9. The highest BCUT2D eigenvalue weighted by Crippen LogP contribution is 2.35. The number of anilines is 1. The van der Waals surface area contributed by atoms with Gasteiger partial charge in [-0.25, -0.2) is 13.6 Å². The van der Waals surface area contributed by atoms with Crippen LogP contribution in [0.2, 0.25) is 0 Å². The minimum Gasteiger partial charge on any atom is -0.384 e. The highest BCUT2D eigenvalue weighted by molar-refractivity contribution is 7.89. The van der Waals surface area contributed by atoms with Gasteiger partial charge in [-0.3, -0.25) is 10.1 Å². The number of sulfonamides is 1. The Kier molecular flexibility index (Phi) is 5.79. The minimum absolute atomic E-state index is 0.178. The van der Waals surface area contributed by atoms with E-state index in [9.17, 15) is 18.5 Å². The van der Waals surface area contributed by atoms with Crippen molar-refractivity contribution in [3.8, 4) is 0 Å². The van der Waals surface area contributed by atoms with Crippen molar-refractivity contribution < 1.29 is 18.1 Å². The molecule has 134 valence electrons. The molecule has 0 saturated heterocycles. The Morgan fingerprint density at radius 3 is 2.46 bits per heavy atom. The number of nitrogens with zero attached hydrogens (tertiary/aromatic N) is 2. The molecule has 1 saturated carbocycles. The molecule has 0 bridgehead atoms. The summed E-state index contributed by atoms with van der Waals surface area (Å²) in [5, 5.41) is 16.4. The number of hydrogen-bond donors (Lipinski definition) is 1. The second-order valence-electron chi connectivity index (χ2n) is 6.19. The molecule has 2 rings (SSSR count). The van der Waals surface area contributed by atoms with Crippen LogP contribution in [0, 0.1) is 16.0 Å². The zero-order valence-corrected chi connectivity index (χ0v) is 14.7. The van der Waals surface area contributed by atoms with Crippen molar-refractivity contribution in [2.75, 3.05) is 25.7 Å². The largest absolute Gasteiger partial charge is 0.384 e. The van der Waals surface area contributed by atoms with Gasteiger partial charge in [0.1, 0.15) is 5.69 Å². The summed E-state index contributed by atoms with van der Waals surface area (Å²) in [5.74, 6) is 0.527. The van der Waals surface area contributed by atoms with Gasteiger partial charge in [-0.15, -0.1) is 0 Å². The summed E-state index contributed by atoms with van der Waals surface area (Å²) < 4.78 is 28.0. The molecule has 0 amide bonds. The highest BCUT2D eigenvalue weighted by Gasteiger charge is 2.28. The molecule has 2 N–H and O–H groups in total. The number of nitro groups is 1. The van der Waals surface area contributed by atoms with Crippen molar-refractivity contribution in [3.63, 3.8) is 0 Å². The van der Waals surface area contributed by atoms with E-state index in [-0.39, 0.29) is 16.6 Å². The predicted octanol–water partition coefficient (Wildman–Crippen LogP) is 1.88. The van der Waals surface area contributed by atoms with Crippen LogP contribution in [0.3, 0.4) is 0 Å². The van der Waals surface area contributed by atoms with Crippen LogP contribution >= 0.6 is 0 Å². The van der Waals surface area contributed by atoms with E-state index in [4.69, 9.17) is 9.88 Å². The molecule has 1 aliphatic carbocycles. The maximum Gasteiger partial charge on any atom is 0.293 e. The summed E-state index contributed by atoms with van der Waals surface area (Å²) >= 11 is 0. The maximum absolute atomic E-state index is 11.4. The number of rotatable bonds is 6. The van der Waals surface area contributed by atoms with E-state index in [0.717, 1.165) is 38.4 Å². The van der Waals surface area contributed by atoms with Crippen LogP contribution in [-0.2, 0) is 14.8 Å². The van der Waals surface area contributed by atoms with E-state index in [1.165, 1.54) is 12.1 Å². The van der Waals surface area contributed by atoms with Gasteiger partial charge in [-0.2, -0.15) is 0 Å². The van der Waals surface area contributed by atoms with Gasteiger partial charge in [0, 0.05) is 32.9 Å². The van der Waals surface area contributed by atoms with Gasteiger partial charge in [0.2, 0.25) is 10.0 Å². The fraction of sp³-hybridized carbons (Fsp3) is 0.600. The summed E-state index contributed by atoms with van der Waals surface area (Å²) in [6.45, 7) is 0.736. The van der Waals surface area contributed by atoms with Crippen molar-refractivity contribution in [1.29, 1.82) is 0 Å². The normalized spacial score (nSPS) is 21.5. The molecule has 0 atom stereocenters. The molecule has 0 unspecified atom stereocenters. The lowest BCUT2D eigenvalue weighted by Crippen LogP contribution is -2.36. The SMILES string of the molecule is COCC1CCC(N(C)c2ccc(S(N)(=O)=O)cc2[N+](=O)[O-])CC1. The molecule has 9 heteroatoms. The Bertz CT molecular complexity index is 699. The standard InChI is InChI=1S/C15H23N3O5S/c1-17(12-5-3-11(4-6-12)10-23-2)14-8-7-13(24(16,21)22)9-15(14)18(19)20/h7-9,11-12H,3-6,10H2,1-2H3,(H2,16,21,22). The van der Waals surface area contributed by atoms with E-state index in [2.05, 4.69) is 0 Å². The summed E-state index contributed by atoms with van der Waals surface area (Å²) in [5.41, 5.74) is 0.158. The molecule has 24 heavy (non-hydrogen) atoms. The third-order valence-electron chi connectivity index (χ3n) is 4.62. The zero-order valence-electron chi connectivity index (χ0n) is 13.8. The fourth-order valence-corrected chi connectivity index (χ4v) is 3.79. The van der Waals surface area contributed by atoms with Gasteiger partial charge < -0.3 is 9.64 Å². The van der Waals surface area contributed by atoms with Crippen LogP contribution in [0.5, 0.6) is 0 Å². The molecule has 0 radical (unpaired) electrons. The molecule has 0 spiro atoms. The van der Waals surface area contributed by atoms with E-state index in [1.807, 2.05) is 4.90 Å². The van der Waals surface area contributed by atoms with Crippen LogP contribution in [-0.4, -0.2) is 40.1 Å². The molecular weight excluding hydrogens is 334 g/mol. The van der Waals surface area contributed by atoms with Crippen molar-refractivity contribution in [2.45, 2.75) is 36.6 Å². The van der Waals surface area contributed by atoms with Crippen LogP contribution in [0.15, 0.2) is 23.1 Å². The molecular formula is C15H23N3O5S. The highest BCUT2D eigenvalue weighted by atomic mass is 32.2. The number of methoxy groups -OCH3 is 1. The lowest BCUT2D eigenvalue weighted by atomic mass is 9.85. The van der Waals surface area contributed by atoms with Crippen molar-refractivity contribution in [2.24, 2.45) is 11.1 Å².